The van der Waals surface area contributed by atoms with Crippen molar-refractivity contribution in [2.45, 2.75) is 235 Å². The van der Waals surface area contributed by atoms with Crippen molar-refractivity contribution in [2.75, 3.05) is 49.3 Å². The number of carbonyl (C=O) groups is 11. The first kappa shape index (κ1) is 79.6. The number of nitrogens with one attached hydrogen (secondary N) is 4. The fraction of sp³-hybridized carbons (Fsp3) is 0.766. The van der Waals surface area contributed by atoms with E-state index in [-0.39, 0.29) is 56.3 Å². The molecule has 1 rings (SSSR count). The van der Waals surface area contributed by atoms with Crippen LogP contribution in [0.4, 0.5) is 0 Å². The van der Waals surface area contributed by atoms with Gasteiger partial charge in [0.15, 0.2) is 0 Å². The molecule has 1 heterocycles. The highest BCUT2D eigenvalue weighted by Crippen LogP contribution is 2.26. The standard InChI is InChI=1S/C64H113N11O13/c1-26-28-29-40(13)52(76)51-56(80)67-44(27-2)59(83)69(19)43(16)58(82)73(23)48(34-64(17,18)88)55(79)68-49(38(9)10)62(86)70(20)45(31-30-35(3)4)54(78)65-41(14)53(77)66-42(15)57(81)71(21)46(32-36(5)6)60(84)72(22)47(33-37(7)8)61(85)74(24)50(39(11)12)63(87)75(51)25/h26,28,35-42,44-52,76,88H,16,27,29-34H2,1-15,17-25H3,(H,65,78)(H,66,77)(H,67,80)(H,68,79)/b28-26+/t40-,41-,42+,44+,45-,46+,47-,48+,49-,50-,51+,52-/m1/s1. The van der Waals surface area contributed by atoms with E-state index in [1.807, 2.05) is 41.5 Å². The van der Waals surface area contributed by atoms with E-state index in [0.29, 0.717) is 6.42 Å². The Kier molecular flexibility index (Phi) is 31.7. The van der Waals surface area contributed by atoms with E-state index in [0.717, 1.165) is 14.7 Å². The number of likely N-dealkylation sites (N-methyl/N-ethyl adjacent to an activating group) is 7. The highest BCUT2D eigenvalue weighted by atomic mass is 16.3. The molecule has 0 unspecified atom stereocenters. The third-order valence-corrected chi connectivity index (χ3v) is 16.6. The van der Waals surface area contributed by atoms with Gasteiger partial charge in [0.05, 0.1) is 11.7 Å². The zero-order chi connectivity index (χ0) is 68.5. The second kappa shape index (κ2) is 35.1. The van der Waals surface area contributed by atoms with Gasteiger partial charge in [-0.2, -0.15) is 0 Å². The summed E-state index contributed by atoms with van der Waals surface area (Å²) < 4.78 is 0. The Labute approximate surface area is 525 Å². The van der Waals surface area contributed by atoms with Gasteiger partial charge in [-0.15, -0.1) is 0 Å². The molecule has 1 aliphatic heterocycles. The maximum atomic E-state index is 15.2. The van der Waals surface area contributed by atoms with Crippen molar-refractivity contribution in [3.63, 3.8) is 0 Å². The SMILES string of the molecule is C=C1C(=O)N(C)[C@@H](CC(C)(C)O)C(=O)N[C@H](C(C)C)C(=O)N(C)[C@H](CCC(C)C)C(=O)N[C@H](C)C(=O)N[C@@H](C)C(=O)N(C)[C@@H](CC(C)C)C(=O)N(C)[C@H](CC(C)C)C(=O)N(C)[C@H](C(C)C)C(=O)N(C)[C@@H]([C@H](O)[C@H](C)C/C=C/C)C(=O)N[C@@H](CC)C(=O)N1C. The number of hydrogen-bond donors (Lipinski definition) is 6. The summed E-state index contributed by atoms with van der Waals surface area (Å²) in [4.78, 5) is 169. The van der Waals surface area contributed by atoms with Crippen LogP contribution in [-0.4, -0.2) is 231 Å². The number of allylic oxidation sites excluding steroid dienone is 2. The van der Waals surface area contributed by atoms with Crippen LogP contribution in [0.5, 0.6) is 0 Å². The average Bonchev–Trinajstić information content (AvgIpc) is 3.18. The highest BCUT2D eigenvalue weighted by Gasteiger charge is 2.46. The summed E-state index contributed by atoms with van der Waals surface area (Å²) in [5.74, 6) is -10.5. The summed E-state index contributed by atoms with van der Waals surface area (Å²) in [6, 6.07) is -13.2. The largest absolute Gasteiger partial charge is 0.390 e. The lowest BCUT2D eigenvalue weighted by atomic mass is 9.91. The van der Waals surface area contributed by atoms with Gasteiger partial charge in [-0.05, 0) is 109 Å². The van der Waals surface area contributed by atoms with Gasteiger partial charge in [0.1, 0.15) is 66.1 Å². The summed E-state index contributed by atoms with van der Waals surface area (Å²) in [5, 5.41) is 34.1. The van der Waals surface area contributed by atoms with Crippen LogP contribution in [0.15, 0.2) is 24.4 Å². The molecule has 0 bridgehead atoms. The van der Waals surface area contributed by atoms with Crippen LogP contribution in [0, 0.1) is 35.5 Å². The van der Waals surface area contributed by atoms with Gasteiger partial charge >= 0.3 is 0 Å². The van der Waals surface area contributed by atoms with Crippen LogP contribution in [0.1, 0.15) is 163 Å². The van der Waals surface area contributed by atoms with Crippen LogP contribution in [0.2, 0.25) is 0 Å². The molecular formula is C64H113N11O13. The summed E-state index contributed by atoms with van der Waals surface area (Å²) in [6.45, 7) is 32.7. The van der Waals surface area contributed by atoms with Gasteiger partial charge in [-0.25, -0.2) is 0 Å². The Morgan fingerprint density at radius 1 is 0.534 bits per heavy atom. The van der Waals surface area contributed by atoms with Crippen molar-refractivity contribution >= 4 is 65.0 Å². The zero-order valence-corrected chi connectivity index (χ0v) is 57.6. The third-order valence-electron chi connectivity index (χ3n) is 16.6. The minimum Gasteiger partial charge on any atom is -0.390 e. The first-order valence-corrected chi connectivity index (χ1v) is 31.2. The van der Waals surface area contributed by atoms with E-state index >= 15 is 9.59 Å². The molecule has 11 amide bonds. The predicted molar refractivity (Wildman–Crippen MR) is 339 cm³/mol. The lowest BCUT2D eigenvalue weighted by Gasteiger charge is -2.41. The minimum absolute atomic E-state index is 0.0615. The van der Waals surface area contributed by atoms with Crippen molar-refractivity contribution < 1.29 is 63.0 Å². The van der Waals surface area contributed by atoms with Gasteiger partial charge in [-0.1, -0.05) is 102 Å². The molecule has 0 spiro atoms. The molecule has 12 atom stereocenters. The number of rotatable bonds is 16. The fourth-order valence-corrected chi connectivity index (χ4v) is 10.8. The molecular weight excluding hydrogens is 1130 g/mol. The summed E-state index contributed by atoms with van der Waals surface area (Å²) in [5.41, 5.74) is -2.04. The number of nitrogens with zero attached hydrogens (tertiary/aromatic N) is 7. The number of hydrogen-bond acceptors (Lipinski definition) is 13. The molecule has 0 aromatic rings. The Bertz CT molecular complexity index is 2480. The lowest BCUT2D eigenvalue weighted by Crippen LogP contribution is -2.63. The first-order chi connectivity index (χ1) is 40.4. The van der Waals surface area contributed by atoms with E-state index in [1.165, 1.54) is 96.6 Å². The molecule has 0 aromatic carbocycles. The Balaban J connectivity index is 4.42. The molecule has 0 aliphatic carbocycles. The Morgan fingerprint density at radius 3 is 1.45 bits per heavy atom. The number of aliphatic hydroxyl groups is 2. The van der Waals surface area contributed by atoms with E-state index in [4.69, 9.17) is 0 Å². The molecule has 1 saturated heterocycles. The summed E-state index contributed by atoms with van der Waals surface area (Å²) in [6.07, 6.45) is 2.72. The predicted octanol–water partition coefficient (Wildman–Crippen LogP) is 3.29. The third kappa shape index (κ3) is 22.0. The smallest absolute Gasteiger partial charge is 0.270 e. The minimum atomic E-state index is -1.67. The summed E-state index contributed by atoms with van der Waals surface area (Å²) >= 11 is 0. The van der Waals surface area contributed by atoms with Crippen molar-refractivity contribution in [3.8, 4) is 0 Å². The maximum Gasteiger partial charge on any atom is 0.270 e. The van der Waals surface area contributed by atoms with Gasteiger partial charge in [-0.3, -0.25) is 52.7 Å². The van der Waals surface area contributed by atoms with Crippen LogP contribution in [0.3, 0.4) is 0 Å². The molecule has 0 saturated carbocycles. The quantitative estimate of drug-likeness (QED) is 0.0957. The molecule has 1 aliphatic rings. The van der Waals surface area contributed by atoms with Crippen molar-refractivity contribution in [1.82, 2.24) is 55.6 Å². The lowest BCUT2D eigenvalue weighted by molar-refractivity contribution is -0.157. The molecule has 24 heteroatoms. The van der Waals surface area contributed by atoms with Crippen LogP contribution >= 0.6 is 0 Å². The highest BCUT2D eigenvalue weighted by molar-refractivity contribution is 6.02. The van der Waals surface area contributed by atoms with Gasteiger partial charge in [0.25, 0.3) is 5.91 Å². The molecule has 1 fully saturated rings. The van der Waals surface area contributed by atoms with E-state index < -0.39 is 161 Å². The van der Waals surface area contributed by atoms with Crippen molar-refractivity contribution in [2.24, 2.45) is 35.5 Å². The molecule has 88 heavy (non-hydrogen) atoms. The monoisotopic (exact) mass is 1240 g/mol. The number of carbonyl (C=O) groups excluding carboxylic acids is 11. The van der Waals surface area contributed by atoms with Crippen LogP contribution in [0.25, 0.3) is 0 Å². The molecule has 6 N–H and O–H groups in total. The normalized spacial score (nSPS) is 26.6. The average molecular weight is 1240 g/mol. The molecule has 502 valence electrons. The Hall–Kier alpha value is -6.43. The maximum absolute atomic E-state index is 15.2. The second-order valence-electron chi connectivity index (χ2n) is 26.9. The van der Waals surface area contributed by atoms with Crippen molar-refractivity contribution in [3.05, 3.63) is 24.4 Å². The van der Waals surface area contributed by atoms with Crippen LogP contribution < -0.4 is 21.3 Å². The van der Waals surface area contributed by atoms with Crippen molar-refractivity contribution in [1.29, 1.82) is 0 Å². The Morgan fingerprint density at radius 2 is 1.00 bits per heavy atom. The topological polar surface area (TPSA) is 299 Å². The fourth-order valence-electron chi connectivity index (χ4n) is 10.8. The second-order valence-corrected chi connectivity index (χ2v) is 26.9. The summed E-state index contributed by atoms with van der Waals surface area (Å²) in [7, 11) is 9.53. The zero-order valence-electron chi connectivity index (χ0n) is 57.6. The number of amides is 11. The number of aliphatic hydroxyl groups excluding tert-OH is 1. The van der Waals surface area contributed by atoms with E-state index in [9.17, 15) is 53.4 Å². The van der Waals surface area contributed by atoms with Gasteiger partial charge in [0, 0.05) is 55.8 Å². The first-order valence-electron chi connectivity index (χ1n) is 31.2. The molecule has 0 aromatic heterocycles. The van der Waals surface area contributed by atoms with Gasteiger partial charge in [0.2, 0.25) is 59.1 Å². The van der Waals surface area contributed by atoms with E-state index in [1.54, 1.807) is 60.6 Å². The van der Waals surface area contributed by atoms with Crippen LogP contribution in [-0.2, 0) is 52.7 Å². The molecule has 0 radical (unpaired) electrons. The molecule has 24 nitrogen and oxygen atoms in total. The van der Waals surface area contributed by atoms with E-state index in [2.05, 4.69) is 27.8 Å². The van der Waals surface area contributed by atoms with Gasteiger partial charge < -0.3 is 65.8 Å².